The number of carbonyl (C=O) groups is 2. The number of piperidine rings is 1. The minimum absolute atomic E-state index is 0. The van der Waals surface area contributed by atoms with Gasteiger partial charge in [0.1, 0.15) is 0 Å². The Kier molecular flexibility index (Phi) is 7.70. The lowest BCUT2D eigenvalue weighted by Gasteiger charge is -2.34. The van der Waals surface area contributed by atoms with Crippen molar-refractivity contribution in [2.24, 2.45) is 5.41 Å². The fraction of sp³-hybridized carbons (Fsp3) is 0.556. The van der Waals surface area contributed by atoms with Gasteiger partial charge in [0.15, 0.2) is 0 Å². The summed E-state index contributed by atoms with van der Waals surface area (Å²) in [5.41, 5.74) is 1.24. The van der Waals surface area contributed by atoms with Crippen LogP contribution < -0.4 is 10.6 Å². The maximum absolute atomic E-state index is 12.4. The molecular weight excluding hydrogens is 326 g/mol. The fourth-order valence-electron chi connectivity index (χ4n) is 2.76. The van der Waals surface area contributed by atoms with Gasteiger partial charge in [-0.3, -0.25) is 9.59 Å². The SMILES string of the molecule is CCN(C)C(=O)c1cccc(C(=O)NCC2(C)CCNCC2)c1.Cl. The third-order valence-electron chi connectivity index (χ3n) is 4.68. The van der Waals surface area contributed by atoms with Crippen LogP contribution in [-0.2, 0) is 0 Å². The molecule has 0 radical (unpaired) electrons. The Labute approximate surface area is 150 Å². The highest BCUT2D eigenvalue weighted by atomic mass is 35.5. The van der Waals surface area contributed by atoms with E-state index >= 15 is 0 Å². The van der Waals surface area contributed by atoms with Crippen LogP contribution in [0.15, 0.2) is 24.3 Å². The summed E-state index contributed by atoms with van der Waals surface area (Å²) in [5.74, 6) is -0.175. The number of rotatable bonds is 5. The molecule has 5 nitrogen and oxygen atoms in total. The molecule has 0 aliphatic carbocycles. The summed E-state index contributed by atoms with van der Waals surface area (Å²) in [5, 5.41) is 6.37. The van der Waals surface area contributed by atoms with Crippen molar-refractivity contribution in [1.82, 2.24) is 15.5 Å². The molecule has 2 N–H and O–H groups in total. The number of amides is 2. The van der Waals surface area contributed by atoms with Gasteiger partial charge >= 0.3 is 0 Å². The van der Waals surface area contributed by atoms with Crippen molar-refractivity contribution in [3.8, 4) is 0 Å². The van der Waals surface area contributed by atoms with Gasteiger partial charge in [-0.25, -0.2) is 0 Å². The lowest BCUT2D eigenvalue weighted by atomic mass is 9.81. The van der Waals surface area contributed by atoms with Crippen LogP contribution in [-0.4, -0.2) is 49.9 Å². The largest absolute Gasteiger partial charge is 0.351 e. The highest BCUT2D eigenvalue weighted by Gasteiger charge is 2.27. The van der Waals surface area contributed by atoms with Crippen molar-refractivity contribution in [3.05, 3.63) is 35.4 Å². The monoisotopic (exact) mass is 353 g/mol. The van der Waals surface area contributed by atoms with Crippen LogP contribution in [0.3, 0.4) is 0 Å². The molecule has 1 aliphatic heterocycles. The average Bonchev–Trinajstić information content (AvgIpc) is 2.59. The Morgan fingerprint density at radius 3 is 2.50 bits per heavy atom. The molecule has 1 heterocycles. The predicted molar refractivity (Wildman–Crippen MR) is 98.9 cm³/mol. The summed E-state index contributed by atoms with van der Waals surface area (Å²) in [6.45, 7) is 7.44. The maximum atomic E-state index is 12.4. The summed E-state index contributed by atoms with van der Waals surface area (Å²) in [6.07, 6.45) is 2.13. The Balaban J connectivity index is 0.00000288. The quantitative estimate of drug-likeness (QED) is 0.854. The molecular formula is C18H28ClN3O2. The van der Waals surface area contributed by atoms with E-state index in [0.29, 0.717) is 24.2 Å². The molecule has 0 bridgehead atoms. The molecule has 0 spiro atoms. The van der Waals surface area contributed by atoms with E-state index in [2.05, 4.69) is 17.6 Å². The topological polar surface area (TPSA) is 61.4 Å². The Bertz CT molecular complexity index is 571. The highest BCUT2D eigenvalue weighted by molar-refractivity contribution is 5.99. The van der Waals surface area contributed by atoms with E-state index < -0.39 is 0 Å². The van der Waals surface area contributed by atoms with Gasteiger partial charge in [0.25, 0.3) is 11.8 Å². The van der Waals surface area contributed by atoms with Gasteiger partial charge in [-0.05, 0) is 56.5 Å². The lowest BCUT2D eigenvalue weighted by molar-refractivity contribution is 0.0802. The fourth-order valence-corrected chi connectivity index (χ4v) is 2.76. The zero-order valence-corrected chi connectivity index (χ0v) is 15.5. The highest BCUT2D eigenvalue weighted by Crippen LogP contribution is 2.26. The third kappa shape index (κ3) is 5.21. The molecule has 1 aliphatic rings. The molecule has 2 rings (SSSR count). The number of carbonyl (C=O) groups excluding carboxylic acids is 2. The second kappa shape index (κ2) is 9.04. The minimum atomic E-state index is -0.112. The molecule has 0 aromatic heterocycles. The molecule has 0 unspecified atom stereocenters. The van der Waals surface area contributed by atoms with Gasteiger partial charge in [0.05, 0.1) is 0 Å². The molecule has 134 valence electrons. The van der Waals surface area contributed by atoms with Crippen molar-refractivity contribution in [2.45, 2.75) is 26.7 Å². The Hall–Kier alpha value is -1.59. The molecule has 1 aromatic rings. The summed E-state index contributed by atoms with van der Waals surface area (Å²) >= 11 is 0. The summed E-state index contributed by atoms with van der Waals surface area (Å²) in [7, 11) is 1.76. The molecule has 2 amide bonds. The van der Waals surface area contributed by atoms with Gasteiger partial charge in [0, 0.05) is 31.3 Å². The molecule has 0 saturated carbocycles. The zero-order chi connectivity index (χ0) is 16.9. The normalized spacial score (nSPS) is 16.0. The van der Waals surface area contributed by atoms with E-state index in [1.165, 1.54) is 0 Å². The molecule has 0 atom stereocenters. The van der Waals surface area contributed by atoms with E-state index in [4.69, 9.17) is 0 Å². The molecule has 1 saturated heterocycles. The summed E-state index contributed by atoms with van der Waals surface area (Å²) < 4.78 is 0. The van der Waals surface area contributed by atoms with E-state index in [-0.39, 0.29) is 29.6 Å². The first-order valence-corrected chi connectivity index (χ1v) is 8.30. The summed E-state index contributed by atoms with van der Waals surface area (Å²) in [4.78, 5) is 26.2. The van der Waals surface area contributed by atoms with Crippen molar-refractivity contribution in [1.29, 1.82) is 0 Å². The molecule has 1 fully saturated rings. The number of hydrogen-bond acceptors (Lipinski definition) is 3. The number of hydrogen-bond donors (Lipinski definition) is 2. The lowest BCUT2D eigenvalue weighted by Crippen LogP contribution is -2.42. The smallest absolute Gasteiger partial charge is 0.253 e. The Morgan fingerprint density at radius 1 is 1.25 bits per heavy atom. The third-order valence-corrected chi connectivity index (χ3v) is 4.68. The van der Waals surface area contributed by atoms with E-state index in [1.54, 1.807) is 36.2 Å². The van der Waals surface area contributed by atoms with Crippen molar-refractivity contribution >= 4 is 24.2 Å². The van der Waals surface area contributed by atoms with Crippen LogP contribution in [0.5, 0.6) is 0 Å². The van der Waals surface area contributed by atoms with Gasteiger partial charge < -0.3 is 15.5 Å². The second-order valence-corrected chi connectivity index (χ2v) is 6.64. The van der Waals surface area contributed by atoms with Crippen molar-refractivity contribution < 1.29 is 9.59 Å². The first-order chi connectivity index (χ1) is 10.9. The summed E-state index contributed by atoms with van der Waals surface area (Å²) in [6, 6.07) is 6.94. The number of halogens is 1. The minimum Gasteiger partial charge on any atom is -0.351 e. The van der Waals surface area contributed by atoms with Crippen LogP contribution in [0, 0.1) is 5.41 Å². The first-order valence-electron chi connectivity index (χ1n) is 8.30. The van der Waals surface area contributed by atoms with Gasteiger partial charge in [-0.2, -0.15) is 0 Å². The average molecular weight is 354 g/mol. The maximum Gasteiger partial charge on any atom is 0.253 e. The van der Waals surface area contributed by atoms with Crippen LogP contribution in [0.4, 0.5) is 0 Å². The van der Waals surface area contributed by atoms with E-state index in [9.17, 15) is 9.59 Å². The van der Waals surface area contributed by atoms with E-state index in [1.807, 2.05) is 6.92 Å². The van der Waals surface area contributed by atoms with Crippen molar-refractivity contribution in [2.75, 3.05) is 33.2 Å². The number of nitrogens with one attached hydrogen (secondary N) is 2. The predicted octanol–water partition coefficient (Wildman–Crippen LogP) is 2.32. The zero-order valence-electron chi connectivity index (χ0n) is 14.7. The number of nitrogens with zero attached hydrogens (tertiary/aromatic N) is 1. The van der Waals surface area contributed by atoms with Crippen LogP contribution in [0.1, 0.15) is 47.4 Å². The standard InChI is InChI=1S/C18H27N3O2.ClH/c1-4-21(3)17(23)15-7-5-6-14(12-15)16(22)20-13-18(2)8-10-19-11-9-18;/h5-7,12,19H,4,8-11,13H2,1-3H3,(H,20,22);1H. The molecule has 1 aromatic carbocycles. The first kappa shape index (κ1) is 20.5. The second-order valence-electron chi connectivity index (χ2n) is 6.64. The number of benzene rings is 1. The molecule has 24 heavy (non-hydrogen) atoms. The van der Waals surface area contributed by atoms with Gasteiger partial charge in [-0.15, -0.1) is 12.4 Å². The van der Waals surface area contributed by atoms with Gasteiger partial charge in [-0.1, -0.05) is 13.0 Å². The van der Waals surface area contributed by atoms with Gasteiger partial charge in [0.2, 0.25) is 0 Å². The van der Waals surface area contributed by atoms with Crippen LogP contribution in [0.25, 0.3) is 0 Å². The Morgan fingerprint density at radius 2 is 1.88 bits per heavy atom. The molecule has 6 heteroatoms. The van der Waals surface area contributed by atoms with Crippen molar-refractivity contribution in [3.63, 3.8) is 0 Å². The van der Waals surface area contributed by atoms with E-state index in [0.717, 1.165) is 25.9 Å². The van der Waals surface area contributed by atoms with Crippen LogP contribution in [0.2, 0.25) is 0 Å². The van der Waals surface area contributed by atoms with Crippen LogP contribution >= 0.6 is 12.4 Å².